The molecule has 2 aromatic carbocycles. The number of rotatable bonds is 3. The molecule has 2 atom stereocenters. The van der Waals surface area contributed by atoms with Gasteiger partial charge in [-0.05, 0) is 53.8 Å². The Morgan fingerprint density at radius 2 is 2.07 bits per heavy atom. The molecule has 4 aromatic rings. The number of aromatic nitrogens is 3. The van der Waals surface area contributed by atoms with E-state index in [9.17, 15) is 5.11 Å². The molecule has 0 spiro atoms. The summed E-state index contributed by atoms with van der Waals surface area (Å²) < 4.78 is 3.02. The van der Waals surface area contributed by atoms with Crippen molar-refractivity contribution >= 4 is 21.6 Å². The highest BCUT2D eigenvalue weighted by Gasteiger charge is 2.26. The molecule has 0 fully saturated rings. The van der Waals surface area contributed by atoms with Crippen molar-refractivity contribution in [2.45, 2.75) is 25.5 Å². The summed E-state index contributed by atoms with van der Waals surface area (Å²) in [5.74, 6) is 0. The SMILES string of the molecule is CC(c1ccc2scnc2c1)N1CCc2ccc(-c3cnn(C)c3)cc2[C@H](O)C1. The number of thiazole rings is 1. The fourth-order valence-electron chi connectivity index (χ4n) is 4.26. The maximum Gasteiger partial charge on any atom is 0.0920 e. The van der Waals surface area contributed by atoms with Crippen LogP contribution in [0.3, 0.4) is 0 Å². The number of fused-ring (bicyclic) bond motifs is 2. The molecule has 29 heavy (non-hydrogen) atoms. The van der Waals surface area contributed by atoms with Crippen LogP contribution in [-0.4, -0.2) is 37.9 Å². The molecule has 5 rings (SSSR count). The lowest BCUT2D eigenvalue weighted by Crippen LogP contribution is -2.31. The number of β-amino-alcohol motifs (C(OH)–C–C–N with tert-alkyl or cyclic N) is 1. The van der Waals surface area contributed by atoms with E-state index in [2.05, 4.69) is 58.3 Å². The van der Waals surface area contributed by atoms with E-state index >= 15 is 0 Å². The summed E-state index contributed by atoms with van der Waals surface area (Å²) in [6.07, 6.45) is 4.31. The van der Waals surface area contributed by atoms with Crippen LogP contribution in [0.5, 0.6) is 0 Å². The third-order valence-electron chi connectivity index (χ3n) is 6.00. The zero-order valence-corrected chi connectivity index (χ0v) is 17.4. The molecule has 2 aromatic heterocycles. The van der Waals surface area contributed by atoms with E-state index in [0.717, 1.165) is 35.2 Å². The smallest absolute Gasteiger partial charge is 0.0920 e. The summed E-state index contributed by atoms with van der Waals surface area (Å²) in [4.78, 5) is 6.83. The van der Waals surface area contributed by atoms with Crippen molar-refractivity contribution < 1.29 is 5.11 Å². The van der Waals surface area contributed by atoms with E-state index in [-0.39, 0.29) is 6.04 Å². The molecular weight excluding hydrogens is 380 g/mol. The summed E-state index contributed by atoms with van der Waals surface area (Å²) in [5.41, 5.74) is 8.65. The minimum absolute atomic E-state index is 0.225. The first kappa shape index (κ1) is 18.5. The molecule has 5 nitrogen and oxygen atoms in total. The highest BCUT2D eigenvalue weighted by atomic mass is 32.1. The quantitative estimate of drug-likeness (QED) is 0.552. The van der Waals surface area contributed by atoms with Gasteiger partial charge in [-0.25, -0.2) is 4.98 Å². The first-order valence-electron chi connectivity index (χ1n) is 9.95. The van der Waals surface area contributed by atoms with Gasteiger partial charge in [0.25, 0.3) is 0 Å². The van der Waals surface area contributed by atoms with Gasteiger partial charge < -0.3 is 5.11 Å². The summed E-state index contributed by atoms with van der Waals surface area (Å²) in [5, 5.41) is 15.3. The molecule has 1 unspecified atom stereocenters. The molecule has 148 valence electrons. The van der Waals surface area contributed by atoms with Gasteiger partial charge in [0.15, 0.2) is 0 Å². The maximum absolute atomic E-state index is 11.0. The van der Waals surface area contributed by atoms with Crippen LogP contribution >= 0.6 is 11.3 Å². The van der Waals surface area contributed by atoms with Crippen molar-refractivity contribution in [1.82, 2.24) is 19.7 Å². The average molecular weight is 405 g/mol. The fraction of sp³-hybridized carbons (Fsp3) is 0.304. The van der Waals surface area contributed by atoms with Gasteiger partial charge >= 0.3 is 0 Å². The molecule has 0 saturated heterocycles. The Bertz CT molecular complexity index is 1160. The van der Waals surface area contributed by atoms with Gasteiger partial charge in [-0.1, -0.05) is 18.2 Å². The van der Waals surface area contributed by atoms with Crippen LogP contribution in [0.15, 0.2) is 54.3 Å². The lowest BCUT2D eigenvalue weighted by molar-refractivity contribution is 0.0985. The van der Waals surface area contributed by atoms with E-state index in [1.165, 1.54) is 15.8 Å². The average Bonchev–Trinajstić information content (AvgIpc) is 3.34. The molecule has 1 aliphatic heterocycles. The second-order valence-electron chi connectivity index (χ2n) is 7.83. The Kier molecular flexibility index (Phi) is 4.70. The van der Waals surface area contributed by atoms with E-state index in [4.69, 9.17) is 0 Å². The lowest BCUT2D eigenvalue weighted by Gasteiger charge is -2.29. The van der Waals surface area contributed by atoms with E-state index in [1.54, 1.807) is 16.0 Å². The molecule has 0 aliphatic carbocycles. The fourth-order valence-corrected chi connectivity index (χ4v) is 4.91. The van der Waals surface area contributed by atoms with E-state index in [1.807, 2.05) is 25.0 Å². The predicted octanol–water partition coefficient (Wildman–Crippen LogP) is 4.35. The van der Waals surface area contributed by atoms with Crippen molar-refractivity contribution in [2.24, 2.45) is 7.05 Å². The standard InChI is InChI=1S/C23H24N4OS/c1-15(17-5-6-23-21(10-17)24-14-29-23)27-8-7-16-3-4-18(9-20(16)22(28)13-27)19-11-25-26(2)12-19/h3-6,9-12,14-15,22,28H,7-8,13H2,1-2H3/t15?,22-/m1/s1. The normalized spacial score (nSPS) is 18.5. The Labute approximate surface area is 174 Å². The lowest BCUT2D eigenvalue weighted by atomic mass is 9.96. The first-order valence-corrected chi connectivity index (χ1v) is 10.8. The molecule has 0 bridgehead atoms. The van der Waals surface area contributed by atoms with E-state index in [0.29, 0.717) is 6.54 Å². The van der Waals surface area contributed by atoms with Crippen LogP contribution in [0.1, 0.15) is 35.8 Å². The zero-order valence-electron chi connectivity index (χ0n) is 16.6. The van der Waals surface area contributed by atoms with Crippen molar-refractivity contribution in [1.29, 1.82) is 0 Å². The number of aliphatic hydroxyl groups is 1. The number of hydrogen-bond donors (Lipinski definition) is 1. The predicted molar refractivity (Wildman–Crippen MR) is 117 cm³/mol. The van der Waals surface area contributed by atoms with Crippen molar-refractivity contribution in [3.8, 4) is 11.1 Å². The molecule has 3 heterocycles. The Morgan fingerprint density at radius 1 is 1.17 bits per heavy atom. The molecule has 6 heteroatoms. The van der Waals surface area contributed by atoms with Crippen molar-refractivity contribution in [3.05, 3.63) is 71.0 Å². The Morgan fingerprint density at radius 3 is 2.90 bits per heavy atom. The van der Waals surface area contributed by atoms with Gasteiger partial charge in [0, 0.05) is 37.9 Å². The number of aliphatic hydroxyl groups excluding tert-OH is 1. The Balaban J connectivity index is 1.41. The van der Waals surface area contributed by atoms with Crippen LogP contribution in [0, 0.1) is 0 Å². The monoisotopic (exact) mass is 404 g/mol. The first-order chi connectivity index (χ1) is 14.1. The van der Waals surface area contributed by atoms with Crippen LogP contribution in [0.2, 0.25) is 0 Å². The topological polar surface area (TPSA) is 54.2 Å². The minimum atomic E-state index is -0.505. The summed E-state index contributed by atoms with van der Waals surface area (Å²) in [6, 6.07) is 13.2. The molecule has 1 aliphatic rings. The van der Waals surface area contributed by atoms with Crippen molar-refractivity contribution in [2.75, 3.05) is 13.1 Å². The summed E-state index contributed by atoms with van der Waals surface area (Å²) in [7, 11) is 1.92. The molecule has 0 radical (unpaired) electrons. The number of hydrogen-bond acceptors (Lipinski definition) is 5. The largest absolute Gasteiger partial charge is 0.387 e. The minimum Gasteiger partial charge on any atom is -0.387 e. The van der Waals surface area contributed by atoms with Crippen LogP contribution in [0.25, 0.3) is 21.3 Å². The van der Waals surface area contributed by atoms with Gasteiger partial charge in [-0.3, -0.25) is 9.58 Å². The molecule has 1 N–H and O–H groups in total. The number of nitrogens with zero attached hydrogens (tertiary/aromatic N) is 4. The zero-order chi connectivity index (χ0) is 20.0. The van der Waals surface area contributed by atoms with Crippen LogP contribution < -0.4 is 0 Å². The van der Waals surface area contributed by atoms with Crippen LogP contribution in [-0.2, 0) is 13.5 Å². The number of benzene rings is 2. The third kappa shape index (κ3) is 3.48. The van der Waals surface area contributed by atoms with Gasteiger partial charge in [-0.2, -0.15) is 5.10 Å². The second-order valence-corrected chi connectivity index (χ2v) is 8.72. The number of aryl methyl sites for hydroxylation is 1. The highest BCUT2D eigenvalue weighted by molar-refractivity contribution is 7.16. The molecular formula is C23H24N4OS. The van der Waals surface area contributed by atoms with Gasteiger partial charge in [0.05, 0.1) is 28.0 Å². The second kappa shape index (κ2) is 7.37. The van der Waals surface area contributed by atoms with Gasteiger partial charge in [0.1, 0.15) is 0 Å². The maximum atomic E-state index is 11.0. The molecule has 0 saturated carbocycles. The van der Waals surface area contributed by atoms with Gasteiger partial charge in [0.2, 0.25) is 0 Å². The van der Waals surface area contributed by atoms with Crippen LogP contribution in [0.4, 0.5) is 0 Å². The summed E-state index contributed by atoms with van der Waals surface area (Å²) in [6.45, 7) is 3.77. The third-order valence-corrected chi connectivity index (χ3v) is 6.81. The summed E-state index contributed by atoms with van der Waals surface area (Å²) >= 11 is 1.67. The van der Waals surface area contributed by atoms with Gasteiger partial charge in [-0.15, -0.1) is 11.3 Å². The van der Waals surface area contributed by atoms with E-state index < -0.39 is 6.10 Å². The van der Waals surface area contributed by atoms with Crippen molar-refractivity contribution in [3.63, 3.8) is 0 Å². The Hall–Kier alpha value is -2.54. The molecule has 0 amide bonds. The highest BCUT2D eigenvalue weighted by Crippen LogP contribution is 2.33.